The first-order chi connectivity index (χ1) is 9.43. The first-order valence-electron chi connectivity index (χ1n) is 6.52. The Morgan fingerprint density at radius 2 is 2.05 bits per heavy atom. The molecule has 0 unspecified atom stereocenters. The number of nitrogens with one attached hydrogen (secondary N) is 1. The molecule has 0 spiro atoms. The summed E-state index contributed by atoms with van der Waals surface area (Å²) in [6.07, 6.45) is 1.54. The summed E-state index contributed by atoms with van der Waals surface area (Å²) in [5, 5.41) is 0. The van der Waals surface area contributed by atoms with Gasteiger partial charge in [-0.1, -0.05) is 29.8 Å². The molecular formula is C14H21NO4S. The van der Waals surface area contributed by atoms with E-state index < -0.39 is 10.0 Å². The van der Waals surface area contributed by atoms with Crippen molar-refractivity contribution in [3.05, 3.63) is 35.4 Å². The molecule has 0 atom stereocenters. The van der Waals surface area contributed by atoms with Crippen LogP contribution in [-0.4, -0.2) is 28.0 Å². The van der Waals surface area contributed by atoms with Gasteiger partial charge in [-0.05, 0) is 25.3 Å². The number of hydrogen-bond donors (Lipinski definition) is 1. The predicted molar refractivity (Wildman–Crippen MR) is 77.7 cm³/mol. The summed E-state index contributed by atoms with van der Waals surface area (Å²) in [6.45, 7) is 2.27. The fourth-order valence-electron chi connectivity index (χ4n) is 1.80. The van der Waals surface area contributed by atoms with Gasteiger partial charge in [-0.2, -0.15) is 0 Å². The Morgan fingerprint density at radius 1 is 1.30 bits per heavy atom. The highest BCUT2D eigenvalue weighted by Gasteiger charge is 2.11. The van der Waals surface area contributed by atoms with Crippen LogP contribution in [-0.2, 0) is 25.3 Å². The summed E-state index contributed by atoms with van der Waals surface area (Å²) in [4.78, 5) is 10.9. The Labute approximate surface area is 120 Å². The van der Waals surface area contributed by atoms with Crippen LogP contribution in [0.1, 0.15) is 30.4 Å². The van der Waals surface area contributed by atoms with Gasteiger partial charge >= 0.3 is 5.97 Å². The molecular weight excluding hydrogens is 278 g/mol. The number of unbranched alkanes of at least 4 members (excludes halogenated alkanes) is 1. The molecule has 0 aliphatic carbocycles. The van der Waals surface area contributed by atoms with Crippen molar-refractivity contribution < 1.29 is 17.9 Å². The number of carbonyl (C=O) groups excluding carboxylic acids is 1. The molecule has 5 nitrogen and oxygen atoms in total. The van der Waals surface area contributed by atoms with Gasteiger partial charge in [0.05, 0.1) is 12.9 Å². The number of sulfonamides is 1. The maximum atomic E-state index is 11.9. The van der Waals surface area contributed by atoms with E-state index in [-0.39, 0.29) is 11.7 Å². The van der Waals surface area contributed by atoms with Crippen molar-refractivity contribution in [1.29, 1.82) is 0 Å². The van der Waals surface area contributed by atoms with Gasteiger partial charge in [0.2, 0.25) is 10.0 Å². The number of benzene rings is 1. The van der Waals surface area contributed by atoms with E-state index in [2.05, 4.69) is 9.46 Å². The number of hydrogen-bond acceptors (Lipinski definition) is 4. The minimum absolute atomic E-state index is 0.0221. The maximum absolute atomic E-state index is 11.9. The molecule has 6 heteroatoms. The van der Waals surface area contributed by atoms with E-state index in [0.29, 0.717) is 25.8 Å². The smallest absolute Gasteiger partial charge is 0.305 e. The summed E-state index contributed by atoms with van der Waals surface area (Å²) < 4.78 is 30.8. The first kappa shape index (κ1) is 16.7. The Hall–Kier alpha value is -1.40. The second-order valence-electron chi connectivity index (χ2n) is 4.68. The summed E-state index contributed by atoms with van der Waals surface area (Å²) in [5.74, 6) is -0.293. The van der Waals surface area contributed by atoms with Gasteiger partial charge in [-0.15, -0.1) is 0 Å². The molecule has 0 amide bonds. The van der Waals surface area contributed by atoms with Crippen molar-refractivity contribution in [1.82, 2.24) is 4.72 Å². The van der Waals surface area contributed by atoms with Crippen molar-refractivity contribution in [2.75, 3.05) is 13.7 Å². The lowest BCUT2D eigenvalue weighted by atomic mass is 10.2. The highest BCUT2D eigenvalue weighted by molar-refractivity contribution is 7.88. The lowest BCUT2D eigenvalue weighted by Gasteiger charge is -2.07. The van der Waals surface area contributed by atoms with Crippen molar-refractivity contribution in [2.45, 2.75) is 31.9 Å². The zero-order valence-corrected chi connectivity index (χ0v) is 12.7. The van der Waals surface area contributed by atoms with E-state index in [1.54, 1.807) is 6.07 Å². The normalized spacial score (nSPS) is 11.3. The molecule has 0 aliphatic heterocycles. The van der Waals surface area contributed by atoms with Crippen molar-refractivity contribution >= 4 is 16.0 Å². The molecule has 0 aliphatic rings. The van der Waals surface area contributed by atoms with E-state index in [1.807, 2.05) is 25.1 Å². The molecule has 1 N–H and O–H groups in total. The first-order valence-corrected chi connectivity index (χ1v) is 8.18. The Bertz CT molecular complexity index is 540. The lowest BCUT2D eigenvalue weighted by molar-refractivity contribution is -0.140. The van der Waals surface area contributed by atoms with Crippen LogP contribution in [0.3, 0.4) is 0 Å². The van der Waals surface area contributed by atoms with Gasteiger partial charge in [0, 0.05) is 13.0 Å². The molecule has 0 heterocycles. The average Bonchev–Trinajstić information content (AvgIpc) is 2.37. The van der Waals surface area contributed by atoms with Crippen LogP contribution in [0.2, 0.25) is 0 Å². The molecule has 20 heavy (non-hydrogen) atoms. The maximum Gasteiger partial charge on any atom is 0.305 e. The van der Waals surface area contributed by atoms with E-state index >= 15 is 0 Å². The third kappa shape index (κ3) is 6.68. The van der Waals surface area contributed by atoms with Gasteiger partial charge in [0.1, 0.15) is 0 Å². The van der Waals surface area contributed by atoms with Crippen molar-refractivity contribution in [3.63, 3.8) is 0 Å². The third-order valence-corrected chi connectivity index (χ3v) is 4.15. The van der Waals surface area contributed by atoms with Gasteiger partial charge < -0.3 is 4.74 Å². The van der Waals surface area contributed by atoms with Crippen LogP contribution in [0.4, 0.5) is 0 Å². The number of methoxy groups -OCH3 is 1. The zero-order valence-electron chi connectivity index (χ0n) is 11.9. The van der Waals surface area contributed by atoms with Crippen LogP contribution >= 0.6 is 0 Å². The quantitative estimate of drug-likeness (QED) is 0.586. The van der Waals surface area contributed by atoms with Crippen LogP contribution in [0, 0.1) is 6.92 Å². The third-order valence-electron chi connectivity index (χ3n) is 2.80. The van der Waals surface area contributed by atoms with E-state index in [4.69, 9.17) is 0 Å². The van der Waals surface area contributed by atoms with Crippen molar-refractivity contribution in [2.24, 2.45) is 0 Å². The molecule has 0 bridgehead atoms. The number of ether oxygens (including phenoxy) is 1. The molecule has 0 fully saturated rings. The minimum atomic E-state index is -3.32. The number of carbonyl (C=O) groups is 1. The molecule has 0 saturated carbocycles. The molecule has 112 valence electrons. The van der Waals surface area contributed by atoms with Gasteiger partial charge in [0.15, 0.2) is 0 Å². The molecule has 1 aromatic carbocycles. The van der Waals surface area contributed by atoms with Crippen LogP contribution in [0.25, 0.3) is 0 Å². The Morgan fingerprint density at radius 3 is 2.70 bits per heavy atom. The largest absolute Gasteiger partial charge is 0.469 e. The molecule has 0 radical (unpaired) electrons. The summed E-state index contributed by atoms with van der Waals surface area (Å²) in [5.41, 5.74) is 1.81. The van der Waals surface area contributed by atoms with Crippen molar-refractivity contribution in [3.8, 4) is 0 Å². The number of rotatable bonds is 8. The van der Waals surface area contributed by atoms with Crippen LogP contribution in [0.5, 0.6) is 0 Å². The average molecular weight is 299 g/mol. The standard InChI is InChI=1S/C14H21NO4S/c1-12-6-5-7-13(10-12)11-20(17,18)15-9-4-3-8-14(16)19-2/h5-7,10,15H,3-4,8-9,11H2,1-2H3. The number of aryl methyl sites for hydroxylation is 1. The minimum Gasteiger partial charge on any atom is -0.469 e. The predicted octanol–water partition coefficient (Wildman–Crippen LogP) is 1.76. The van der Waals surface area contributed by atoms with Gasteiger partial charge in [0.25, 0.3) is 0 Å². The molecule has 0 aromatic heterocycles. The highest BCUT2D eigenvalue weighted by Crippen LogP contribution is 2.08. The van der Waals surface area contributed by atoms with E-state index in [0.717, 1.165) is 11.1 Å². The monoisotopic (exact) mass is 299 g/mol. The summed E-state index contributed by atoms with van der Waals surface area (Å²) in [6, 6.07) is 7.42. The molecule has 1 aromatic rings. The molecule has 1 rings (SSSR count). The second-order valence-corrected chi connectivity index (χ2v) is 6.48. The van der Waals surface area contributed by atoms with E-state index in [9.17, 15) is 13.2 Å². The van der Waals surface area contributed by atoms with Gasteiger partial charge in [-0.3, -0.25) is 4.79 Å². The summed E-state index contributed by atoms with van der Waals surface area (Å²) >= 11 is 0. The molecule has 0 saturated heterocycles. The summed E-state index contributed by atoms with van der Waals surface area (Å²) in [7, 11) is -1.98. The Balaban J connectivity index is 2.33. The van der Waals surface area contributed by atoms with Crippen LogP contribution in [0.15, 0.2) is 24.3 Å². The topological polar surface area (TPSA) is 72.5 Å². The highest BCUT2D eigenvalue weighted by atomic mass is 32.2. The Kier molecular flexibility index (Phi) is 6.67. The van der Waals surface area contributed by atoms with Crippen LogP contribution < -0.4 is 4.72 Å². The lowest BCUT2D eigenvalue weighted by Crippen LogP contribution is -2.26. The SMILES string of the molecule is COC(=O)CCCCNS(=O)(=O)Cc1cccc(C)c1. The zero-order chi connectivity index (χ0) is 15.0. The van der Waals surface area contributed by atoms with E-state index in [1.165, 1.54) is 7.11 Å². The second kappa shape index (κ2) is 8.01. The number of esters is 1. The van der Waals surface area contributed by atoms with Gasteiger partial charge in [-0.25, -0.2) is 13.1 Å². The fraction of sp³-hybridized carbons (Fsp3) is 0.500. The fourth-order valence-corrected chi connectivity index (χ4v) is 2.97.